The number of nitrogens with zero attached hydrogens (tertiary/aromatic N) is 3. The third kappa shape index (κ3) is 4.32. The second kappa shape index (κ2) is 7.65. The molecule has 2 N–H and O–H groups in total. The van der Waals surface area contributed by atoms with E-state index in [1.54, 1.807) is 0 Å². The average Bonchev–Trinajstić information content (AvgIpc) is 2.85. The lowest BCUT2D eigenvalue weighted by molar-refractivity contribution is 0.156. The van der Waals surface area contributed by atoms with E-state index in [4.69, 9.17) is 5.73 Å². The lowest BCUT2D eigenvalue weighted by Gasteiger charge is -2.34. The summed E-state index contributed by atoms with van der Waals surface area (Å²) in [7, 11) is 2.03. The van der Waals surface area contributed by atoms with Gasteiger partial charge in [-0.25, -0.2) is 0 Å². The van der Waals surface area contributed by atoms with Crippen LogP contribution < -0.4 is 5.73 Å². The Labute approximate surface area is 117 Å². The molecule has 2 rings (SSSR count). The van der Waals surface area contributed by atoms with Crippen molar-refractivity contribution >= 4 is 0 Å². The van der Waals surface area contributed by atoms with Gasteiger partial charge < -0.3 is 5.73 Å². The van der Waals surface area contributed by atoms with Crippen LogP contribution in [0.15, 0.2) is 12.3 Å². The molecule has 4 nitrogen and oxygen atoms in total. The first-order chi connectivity index (χ1) is 9.31. The van der Waals surface area contributed by atoms with Crippen LogP contribution in [0.1, 0.15) is 44.2 Å². The molecule has 0 radical (unpaired) electrons. The van der Waals surface area contributed by atoms with E-state index in [1.807, 2.05) is 17.9 Å². The Bertz CT molecular complexity index is 355. The van der Waals surface area contributed by atoms with Gasteiger partial charge in [-0.15, -0.1) is 0 Å². The minimum atomic E-state index is 0.786. The number of rotatable bonds is 7. The summed E-state index contributed by atoms with van der Waals surface area (Å²) >= 11 is 0. The molecule has 0 atom stereocenters. The third-order valence-electron chi connectivity index (χ3n) is 4.32. The molecular weight excluding hydrogens is 236 g/mol. The quantitative estimate of drug-likeness (QED) is 0.819. The van der Waals surface area contributed by atoms with Crippen molar-refractivity contribution in [2.45, 2.75) is 51.0 Å². The van der Waals surface area contributed by atoms with Crippen LogP contribution in [0.4, 0.5) is 0 Å². The molecule has 108 valence electrons. The summed E-state index contributed by atoms with van der Waals surface area (Å²) in [6.07, 6.45) is 11.1. The van der Waals surface area contributed by atoms with Crippen LogP contribution in [0, 0.1) is 0 Å². The summed E-state index contributed by atoms with van der Waals surface area (Å²) in [5.41, 5.74) is 7.01. The van der Waals surface area contributed by atoms with E-state index in [0.717, 1.165) is 38.5 Å². The zero-order chi connectivity index (χ0) is 13.5. The summed E-state index contributed by atoms with van der Waals surface area (Å²) < 4.78 is 1.99. The fraction of sp³-hybridized carbons (Fsp3) is 0.800. The second-order valence-corrected chi connectivity index (χ2v) is 5.67. The summed E-state index contributed by atoms with van der Waals surface area (Å²) in [5, 5.41) is 4.25. The molecule has 0 amide bonds. The first-order valence-corrected chi connectivity index (χ1v) is 7.72. The molecule has 0 unspecified atom stereocenters. The van der Waals surface area contributed by atoms with Crippen LogP contribution in [0.5, 0.6) is 0 Å². The molecule has 1 heterocycles. The molecule has 0 aromatic carbocycles. The van der Waals surface area contributed by atoms with E-state index in [-0.39, 0.29) is 0 Å². The van der Waals surface area contributed by atoms with E-state index in [1.165, 1.54) is 37.8 Å². The number of aromatic nitrogens is 2. The first kappa shape index (κ1) is 14.5. The van der Waals surface area contributed by atoms with E-state index in [0.29, 0.717) is 0 Å². The number of aryl methyl sites for hydroxylation is 1. The maximum absolute atomic E-state index is 5.68. The van der Waals surface area contributed by atoms with Gasteiger partial charge in [-0.05, 0) is 38.4 Å². The van der Waals surface area contributed by atoms with Gasteiger partial charge in [0, 0.05) is 37.9 Å². The zero-order valence-electron chi connectivity index (χ0n) is 12.2. The topological polar surface area (TPSA) is 47.1 Å². The average molecular weight is 264 g/mol. The molecule has 1 aromatic rings. The highest BCUT2D eigenvalue weighted by molar-refractivity contribution is 5.00. The van der Waals surface area contributed by atoms with Crippen molar-refractivity contribution in [1.82, 2.24) is 14.7 Å². The van der Waals surface area contributed by atoms with Gasteiger partial charge in [-0.1, -0.05) is 19.3 Å². The van der Waals surface area contributed by atoms with Gasteiger partial charge in [0.25, 0.3) is 0 Å². The molecule has 4 heteroatoms. The Kier molecular flexibility index (Phi) is 5.86. The van der Waals surface area contributed by atoms with Crippen molar-refractivity contribution in [1.29, 1.82) is 0 Å². The molecule has 1 saturated carbocycles. The number of hydrogen-bond acceptors (Lipinski definition) is 3. The van der Waals surface area contributed by atoms with Crippen molar-refractivity contribution in [2.75, 3.05) is 19.6 Å². The molecule has 1 aromatic heterocycles. The van der Waals surface area contributed by atoms with Crippen LogP contribution in [0.3, 0.4) is 0 Å². The zero-order valence-corrected chi connectivity index (χ0v) is 12.2. The predicted octanol–water partition coefficient (Wildman–Crippen LogP) is 1.95. The molecule has 1 aliphatic rings. The Hall–Kier alpha value is -0.870. The number of nitrogens with two attached hydrogens (primary N) is 1. The second-order valence-electron chi connectivity index (χ2n) is 5.67. The fourth-order valence-corrected chi connectivity index (χ4v) is 3.12. The molecule has 0 aliphatic heterocycles. The van der Waals surface area contributed by atoms with Crippen LogP contribution in [-0.4, -0.2) is 40.4 Å². The van der Waals surface area contributed by atoms with Crippen LogP contribution >= 0.6 is 0 Å². The van der Waals surface area contributed by atoms with Gasteiger partial charge in [0.2, 0.25) is 0 Å². The van der Waals surface area contributed by atoms with Crippen molar-refractivity contribution in [3.05, 3.63) is 18.0 Å². The van der Waals surface area contributed by atoms with Crippen molar-refractivity contribution < 1.29 is 0 Å². The van der Waals surface area contributed by atoms with Crippen molar-refractivity contribution in [3.63, 3.8) is 0 Å². The minimum Gasteiger partial charge on any atom is -0.330 e. The van der Waals surface area contributed by atoms with Crippen molar-refractivity contribution in [2.24, 2.45) is 12.8 Å². The van der Waals surface area contributed by atoms with E-state index < -0.39 is 0 Å². The summed E-state index contributed by atoms with van der Waals surface area (Å²) in [6, 6.07) is 2.91. The Morgan fingerprint density at radius 2 is 2.11 bits per heavy atom. The van der Waals surface area contributed by atoms with Crippen molar-refractivity contribution in [3.8, 4) is 0 Å². The van der Waals surface area contributed by atoms with Gasteiger partial charge in [0.15, 0.2) is 0 Å². The fourth-order valence-electron chi connectivity index (χ4n) is 3.12. The lowest BCUT2D eigenvalue weighted by atomic mass is 9.94. The molecule has 0 spiro atoms. The van der Waals surface area contributed by atoms with Crippen LogP contribution in [0.2, 0.25) is 0 Å². The number of hydrogen-bond donors (Lipinski definition) is 1. The predicted molar refractivity (Wildman–Crippen MR) is 79.0 cm³/mol. The molecular formula is C15H28N4. The standard InChI is InChI=1S/C15H28N4/c1-18-14(8-11-17-18)9-13-19(12-5-10-16)15-6-3-2-4-7-15/h8,11,15H,2-7,9-10,12-13,16H2,1H3. The van der Waals surface area contributed by atoms with Crippen LogP contribution in [-0.2, 0) is 13.5 Å². The third-order valence-corrected chi connectivity index (χ3v) is 4.32. The lowest BCUT2D eigenvalue weighted by Crippen LogP contribution is -2.39. The summed E-state index contributed by atoms with van der Waals surface area (Å²) in [5.74, 6) is 0. The van der Waals surface area contributed by atoms with E-state index in [9.17, 15) is 0 Å². The Morgan fingerprint density at radius 1 is 1.32 bits per heavy atom. The maximum Gasteiger partial charge on any atom is 0.0492 e. The SMILES string of the molecule is Cn1nccc1CCN(CCCN)C1CCCCC1. The molecule has 1 fully saturated rings. The van der Waals surface area contributed by atoms with Crippen LogP contribution in [0.25, 0.3) is 0 Å². The van der Waals surface area contributed by atoms with Gasteiger partial charge in [-0.3, -0.25) is 9.58 Å². The molecule has 19 heavy (non-hydrogen) atoms. The maximum atomic E-state index is 5.68. The highest BCUT2D eigenvalue weighted by Crippen LogP contribution is 2.23. The van der Waals surface area contributed by atoms with E-state index in [2.05, 4.69) is 16.1 Å². The minimum absolute atomic E-state index is 0.786. The smallest absolute Gasteiger partial charge is 0.0492 e. The monoisotopic (exact) mass is 264 g/mol. The Morgan fingerprint density at radius 3 is 2.74 bits per heavy atom. The molecule has 0 saturated heterocycles. The van der Waals surface area contributed by atoms with E-state index >= 15 is 0 Å². The van der Waals surface area contributed by atoms with Gasteiger partial charge in [0.1, 0.15) is 0 Å². The largest absolute Gasteiger partial charge is 0.330 e. The highest BCUT2D eigenvalue weighted by atomic mass is 15.3. The summed E-state index contributed by atoms with van der Waals surface area (Å²) in [4.78, 5) is 2.67. The summed E-state index contributed by atoms with van der Waals surface area (Å²) in [6.45, 7) is 3.10. The Balaban J connectivity index is 1.87. The van der Waals surface area contributed by atoms with Gasteiger partial charge in [0.05, 0.1) is 0 Å². The van der Waals surface area contributed by atoms with Gasteiger partial charge >= 0.3 is 0 Å². The van der Waals surface area contributed by atoms with Gasteiger partial charge in [-0.2, -0.15) is 5.10 Å². The molecule has 0 bridgehead atoms. The molecule has 1 aliphatic carbocycles. The first-order valence-electron chi connectivity index (χ1n) is 7.72. The normalized spacial score (nSPS) is 17.2. The highest BCUT2D eigenvalue weighted by Gasteiger charge is 2.20.